The molecule has 0 radical (unpaired) electrons. The topological polar surface area (TPSA) is 26.3 Å². The zero-order valence-electron chi connectivity index (χ0n) is 8.39. The van der Waals surface area contributed by atoms with Crippen LogP contribution in [0.25, 0.3) is 0 Å². The summed E-state index contributed by atoms with van der Waals surface area (Å²) in [7, 11) is 0. The van der Waals surface area contributed by atoms with Crippen LogP contribution in [0.15, 0.2) is 11.6 Å². The molecule has 0 aliphatic carbocycles. The molecule has 70 valence electrons. The number of hydrogen-bond acceptors (Lipinski definition) is 2. The van der Waals surface area contributed by atoms with Gasteiger partial charge in [0.2, 0.25) is 0 Å². The van der Waals surface area contributed by atoms with Crippen molar-refractivity contribution in [2.75, 3.05) is 13.2 Å². The molecule has 0 N–H and O–H groups in total. The normalized spacial score (nSPS) is 11.0. The average molecular weight is 170 g/mol. The molecule has 2 heteroatoms. The van der Waals surface area contributed by atoms with E-state index in [1.54, 1.807) is 0 Å². The third kappa shape index (κ3) is 6.10. The second-order valence-corrected chi connectivity index (χ2v) is 3.90. The predicted octanol–water partition coefficient (Wildman–Crippen LogP) is 2.19. The molecular weight excluding hydrogens is 152 g/mol. The van der Waals surface area contributed by atoms with Crippen LogP contribution in [0.1, 0.15) is 27.7 Å². The Balaban J connectivity index is 3.57. The Hall–Kier alpha value is -0.630. The Bertz CT molecular complexity index is 165. The first-order chi connectivity index (χ1) is 5.48. The second-order valence-electron chi connectivity index (χ2n) is 3.90. The quantitative estimate of drug-likeness (QED) is 0.359. The summed E-state index contributed by atoms with van der Waals surface area (Å²) >= 11 is 0. The summed E-state index contributed by atoms with van der Waals surface area (Å²) in [5, 5.41) is 0. The maximum absolute atomic E-state index is 10.5. The smallest absolute Gasteiger partial charge is 0.127 e. The van der Waals surface area contributed by atoms with E-state index in [0.717, 1.165) is 6.29 Å². The van der Waals surface area contributed by atoms with Crippen LogP contribution in [0.3, 0.4) is 0 Å². The molecule has 0 aromatic rings. The van der Waals surface area contributed by atoms with Gasteiger partial charge < -0.3 is 9.53 Å². The van der Waals surface area contributed by atoms with Crippen LogP contribution in [0, 0.1) is 5.41 Å². The standard InChI is InChI=1S/C10H18O2/c1-9(2)5-6-12-8-10(3,4)7-11/h5,7H,6,8H2,1-4H3. The number of aldehydes is 1. The van der Waals surface area contributed by atoms with Gasteiger partial charge in [0.1, 0.15) is 6.29 Å². The molecule has 0 saturated heterocycles. The second kappa shape index (κ2) is 5.09. The molecule has 0 spiro atoms. The number of carbonyl (C=O) groups is 1. The van der Waals surface area contributed by atoms with Crippen LogP contribution in [0.2, 0.25) is 0 Å². The highest BCUT2D eigenvalue weighted by Gasteiger charge is 2.15. The van der Waals surface area contributed by atoms with Gasteiger partial charge in [-0.25, -0.2) is 0 Å². The van der Waals surface area contributed by atoms with Crippen LogP contribution in [-0.4, -0.2) is 19.5 Å². The molecule has 12 heavy (non-hydrogen) atoms. The van der Waals surface area contributed by atoms with E-state index in [1.807, 2.05) is 33.8 Å². The molecule has 0 bridgehead atoms. The van der Waals surface area contributed by atoms with Gasteiger partial charge in [-0.05, 0) is 13.8 Å². The lowest BCUT2D eigenvalue weighted by Gasteiger charge is -2.15. The summed E-state index contributed by atoms with van der Waals surface area (Å²) in [5.74, 6) is 0. The first-order valence-electron chi connectivity index (χ1n) is 4.15. The number of rotatable bonds is 5. The van der Waals surface area contributed by atoms with Crippen LogP contribution in [-0.2, 0) is 9.53 Å². The van der Waals surface area contributed by atoms with E-state index in [0.29, 0.717) is 13.2 Å². The van der Waals surface area contributed by atoms with Gasteiger partial charge >= 0.3 is 0 Å². The Morgan fingerprint density at radius 3 is 2.42 bits per heavy atom. The van der Waals surface area contributed by atoms with E-state index in [9.17, 15) is 4.79 Å². The van der Waals surface area contributed by atoms with Crippen molar-refractivity contribution in [3.05, 3.63) is 11.6 Å². The van der Waals surface area contributed by atoms with E-state index in [4.69, 9.17) is 4.74 Å². The molecular formula is C10H18O2. The monoisotopic (exact) mass is 170 g/mol. The lowest BCUT2D eigenvalue weighted by Crippen LogP contribution is -2.20. The molecule has 0 fully saturated rings. The van der Waals surface area contributed by atoms with Gasteiger partial charge in [0.15, 0.2) is 0 Å². The molecule has 0 aliphatic heterocycles. The molecule has 0 heterocycles. The Morgan fingerprint density at radius 1 is 1.42 bits per heavy atom. The molecule has 0 aromatic heterocycles. The number of ether oxygens (including phenoxy) is 1. The van der Waals surface area contributed by atoms with E-state index >= 15 is 0 Å². The molecule has 0 amide bonds. The molecule has 0 unspecified atom stereocenters. The van der Waals surface area contributed by atoms with Crippen molar-refractivity contribution in [2.45, 2.75) is 27.7 Å². The summed E-state index contributed by atoms with van der Waals surface area (Å²) in [4.78, 5) is 10.5. The zero-order chi connectivity index (χ0) is 9.61. The van der Waals surface area contributed by atoms with Crippen molar-refractivity contribution in [1.29, 1.82) is 0 Å². The summed E-state index contributed by atoms with van der Waals surface area (Å²) < 4.78 is 5.29. The Kier molecular flexibility index (Phi) is 4.83. The van der Waals surface area contributed by atoms with Gasteiger partial charge in [0.05, 0.1) is 13.2 Å². The first-order valence-corrected chi connectivity index (χ1v) is 4.15. The van der Waals surface area contributed by atoms with Gasteiger partial charge in [-0.3, -0.25) is 0 Å². The lowest BCUT2D eigenvalue weighted by atomic mass is 9.98. The zero-order valence-corrected chi connectivity index (χ0v) is 8.39. The van der Waals surface area contributed by atoms with Gasteiger partial charge in [-0.1, -0.05) is 25.5 Å². The summed E-state index contributed by atoms with van der Waals surface area (Å²) in [6.07, 6.45) is 2.93. The van der Waals surface area contributed by atoms with E-state index in [2.05, 4.69) is 0 Å². The Morgan fingerprint density at radius 2 is 2.00 bits per heavy atom. The highest BCUT2D eigenvalue weighted by molar-refractivity contribution is 5.57. The van der Waals surface area contributed by atoms with E-state index in [-0.39, 0.29) is 5.41 Å². The molecule has 0 atom stereocenters. The van der Waals surface area contributed by atoms with Crippen molar-refractivity contribution < 1.29 is 9.53 Å². The molecule has 0 aliphatic rings. The fraction of sp³-hybridized carbons (Fsp3) is 0.700. The summed E-state index contributed by atoms with van der Waals surface area (Å²) in [6, 6.07) is 0. The van der Waals surface area contributed by atoms with E-state index < -0.39 is 0 Å². The van der Waals surface area contributed by atoms with Gasteiger partial charge in [0, 0.05) is 5.41 Å². The SMILES string of the molecule is CC(C)=CCOCC(C)(C)C=O. The highest BCUT2D eigenvalue weighted by Crippen LogP contribution is 2.10. The lowest BCUT2D eigenvalue weighted by molar-refractivity contribution is -0.117. The van der Waals surface area contributed by atoms with Crippen LogP contribution >= 0.6 is 0 Å². The minimum absolute atomic E-state index is 0.352. The summed E-state index contributed by atoms with van der Waals surface area (Å²) in [5.41, 5.74) is 0.883. The van der Waals surface area contributed by atoms with Gasteiger partial charge in [0.25, 0.3) is 0 Å². The van der Waals surface area contributed by atoms with Crippen molar-refractivity contribution in [3.63, 3.8) is 0 Å². The van der Waals surface area contributed by atoms with Crippen molar-refractivity contribution in [1.82, 2.24) is 0 Å². The van der Waals surface area contributed by atoms with Gasteiger partial charge in [-0.2, -0.15) is 0 Å². The fourth-order valence-corrected chi connectivity index (χ4v) is 0.582. The number of carbonyl (C=O) groups excluding carboxylic acids is 1. The third-order valence-corrected chi connectivity index (χ3v) is 1.40. The van der Waals surface area contributed by atoms with Gasteiger partial charge in [-0.15, -0.1) is 0 Å². The number of allylic oxidation sites excluding steroid dienone is 1. The minimum Gasteiger partial charge on any atom is -0.376 e. The Labute approximate surface area is 74.6 Å². The first kappa shape index (κ1) is 11.4. The van der Waals surface area contributed by atoms with Crippen molar-refractivity contribution in [2.24, 2.45) is 5.41 Å². The van der Waals surface area contributed by atoms with Crippen LogP contribution in [0.4, 0.5) is 0 Å². The third-order valence-electron chi connectivity index (χ3n) is 1.40. The molecule has 0 saturated carbocycles. The molecule has 0 rings (SSSR count). The maximum atomic E-state index is 10.5. The van der Waals surface area contributed by atoms with Crippen molar-refractivity contribution >= 4 is 6.29 Å². The fourth-order valence-electron chi connectivity index (χ4n) is 0.582. The highest BCUT2D eigenvalue weighted by atomic mass is 16.5. The molecule has 0 aromatic carbocycles. The van der Waals surface area contributed by atoms with Crippen molar-refractivity contribution in [3.8, 4) is 0 Å². The molecule has 2 nitrogen and oxygen atoms in total. The average Bonchev–Trinajstić information content (AvgIpc) is 1.98. The van der Waals surface area contributed by atoms with Crippen LogP contribution < -0.4 is 0 Å². The van der Waals surface area contributed by atoms with Crippen LogP contribution in [0.5, 0.6) is 0 Å². The number of hydrogen-bond donors (Lipinski definition) is 0. The van der Waals surface area contributed by atoms with E-state index in [1.165, 1.54) is 5.57 Å². The minimum atomic E-state index is -0.352. The maximum Gasteiger partial charge on any atom is 0.127 e. The summed E-state index contributed by atoms with van der Waals surface area (Å²) in [6.45, 7) is 8.85. The largest absolute Gasteiger partial charge is 0.376 e. The predicted molar refractivity (Wildman–Crippen MR) is 50.1 cm³/mol.